The molecule has 1 aromatic rings. The molecular weight excluding hydrogens is 318 g/mol. The molecule has 3 amide bonds. The third-order valence-electron chi connectivity index (χ3n) is 5.15. The summed E-state index contributed by atoms with van der Waals surface area (Å²) in [7, 11) is 0. The van der Waals surface area contributed by atoms with Gasteiger partial charge in [0, 0.05) is 25.6 Å². The smallest absolute Gasteiger partial charge is 0.237 e. The van der Waals surface area contributed by atoms with Gasteiger partial charge in [0.05, 0.1) is 12.5 Å². The molecule has 0 aromatic heterocycles. The maximum Gasteiger partial charge on any atom is 0.237 e. The lowest BCUT2D eigenvalue weighted by Crippen LogP contribution is -2.47. The number of likely N-dealkylation sites (tertiary alicyclic amines) is 1. The number of nitrogens with zero attached hydrogens (tertiary/aromatic N) is 2. The van der Waals surface area contributed by atoms with E-state index in [0.717, 1.165) is 31.2 Å². The second kappa shape index (κ2) is 7.68. The number of carbonyl (C=O) groups excluding carboxylic acids is 3. The summed E-state index contributed by atoms with van der Waals surface area (Å²) in [6.07, 6.45) is 4.17. The van der Waals surface area contributed by atoms with Crippen LogP contribution in [0.1, 0.15) is 37.7 Å². The van der Waals surface area contributed by atoms with Gasteiger partial charge in [0.1, 0.15) is 0 Å². The number of carbonyl (C=O) groups is 3. The summed E-state index contributed by atoms with van der Waals surface area (Å²) >= 11 is 0. The Morgan fingerprint density at radius 3 is 2.48 bits per heavy atom. The molecule has 1 saturated carbocycles. The van der Waals surface area contributed by atoms with E-state index in [1.807, 2.05) is 30.3 Å². The molecule has 6 heteroatoms. The molecule has 1 heterocycles. The van der Waals surface area contributed by atoms with Gasteiger partial charge in [-0.2, -0.15) is 0 Å². The van der Waals surface area contributed by atoms with Gasteiger partial charge >= 0.3 is 0 Å². The summed E-state index contributed by atoms with van der Waals surface area (Å²) in [6.45, 7) is 0.879. The van der Waals surface area contributed by atoms with Crippen molar-refractivity contribution in [2.24, 2.45) is 11.7 Å². The number of amides is 3. The first-order valence-electron chi connectivity index (χ1n) is 8.95. The highest BCUT2D eigenvalue weighted by Crippen LogP contribution is 2.28. The average molecular weight is 343 g/mol. The van der Waals surface area contributed by atoms with Gasteiger partial charge in [0.25, 0.3) is 0 Å². The number of hydrogen-bond acceptors (Lipinski definition) is 3. The van der Waals surface area contributed by atoms with E-state index in [4.69, 9.17) is 5.73 Å². The van der Waals surface area contributed by atoms with Crippen LogP contribution in [0.3, 0.4) is 0 Å². The summed E-state index contributed by atoms with van der Waals surface area (Å²) in [5, 5.41) is 0. The van der Waals surface area contributed by atoms with Crippen molar-refractivity contribution >= 4 is 17.7 Å². The Balaban J connectivity index is 1.66. The van der Waals surface area contributed by atoms with Crippen LogP contribution in [-0.2, 0) is 20.9 Å². The lowest BCUT2D eigenvalue weighted by molar-refractivity contribution is -0.141. The maximum absolute atomic E-state index is 13.0. The molecule has 25 heavy (non-hydrogen) atoms. The van der Waals surface area contributed by atoms with Crippen molar-refractivity contribution in [2.75, 3.05) is 13.1 Å². The van der Waals surface area contributed by atoms with Gasteiger partial charge in [-0.05, 0) is 18.4 Å². The zero-order valence-electron chi connectivity index (χ0n) is 14.4. The first-order chi connectivity index (χ1) is 12.0. The van der Waals surface area contributed by atoms with Gasteiger partial charge in [0.15, 0.2) is 0 Å². The van der Waals surface area contributed by atoms with Gasteiger partial charge < -0.3 is 15.5 Å². The van der Waals surface area contributed by atoms with Crippen molar-refractivity contribution in [3.05, 3.63) is 35.9 Å². The van der Waals surface area contributed by atoms with E-state index in [-0.39, 0.29) is 36.7 Å². The second-order valence-corrected chi connectivity index (χ2v) is 7.03. The van der Waals surface area contributed by atoms with Gasteiger partial charge in [-0.25, -0.2) is 0 Å². The monoisotopic (exact) mass is 343 g/mol. The van der Waals surface area contributed by atoms with Crippen molar-refractivity contribution in [1.82, 2.24) is 9.80 Å². The molecule has 0 spiro atoms. The second-order valence-electron chi connectivity index (χ2n) is 7.03. The van der Waals surface area contributed by atoms with Gasteiger partial charge in [-0.15, -0.1) is 0 Å². The molecule has 0 bridgehead atoms. The Hall–Kier alpha value is -2.37. The van der Waals surface area contributed by atoms with Crippen LogP contribution in [0.4, 0.5) is 0 Å². The zero-order chi connectivity index (χ0) is 17.8. The van der Waals surface area contributed by atoms with E-state index in [1.165, 1.54) is 0 Å². The molecule has 6 nitrogen and oxygen atoms in total. The first-order valence-corrected chi connectivity index (χ1v) is 8.95. The fourth-order valence-electron chi connectivity index (χ4n) is 3.90. The minimum atomic E-state index is -0.495. The van der Waals surface area contributed by atoms with E-state index in [2.05, 4.69) is 0 Å². The molecule has 0 radical (unpaired) electrons. The molecular formula is C19H25N3O3. The van der Waals surface area contributed by atoms with Crippen molar-refractivity contribution < 1.29 is 14.4 Å². The largest absolute Gasteiger partial charge is 0.368 e. The number of rotatable bonds is 6. The molecule has 2 N–H and O–H groups in total. The van der Waals surface area contributed by atoms with Crippen molar-refractivity contribution in [3.63, 3.8) is 0 Å². The number of benzene rings is 1. The lowest BCUT2D eigenvalue weighted by atomic mass is 10.0. The summed E-state index contributed by atoms with van der Waals surface area (Å²) < 4.78 is 0. The highest BCUT2D eigenvalue weighted by atomic mass is 16.2. The van der Waals surface area contributed by atoms with Crippen molar-refractivity contribution in [2.45, 2.75) is 44.7 Å². The summed E-state index contributed by atoms with van der Waals surface area (Å²) in [6, 6.07) is 9.84. The minimum absolute atomic E-state index is 0.00681. The van der Waals surface area contributed by atoms with Crippen LogP contribution >= 0.6 is 0 Å². The van der Waals surface area contributed by atoms with Crippen LogP contribution in [0.5, 0.6) is 0 Å². The lowest BCUT2D eigenvalue weighted by Gasteiger charge is -2.30. The van der Waals surface area contributed by atoms with Crippen LogP contribution in [0.2, 0.25) is 0 Å². The van der Waals surface area contributed by atoms with E-state index in [9.17, 15) is 14.4 Å². The molecule has 2 aliphatic rings. The average Bonchev–Trinajstić information content (AvgIpc) is 3.23. The summed E-state index contributed by atoms with van der Waals surface area (Å²) in [5.74, 6) is -0.982. The number of primary amides is 1. The Kier molecular flexibility index (Phi) is 5.36. The fraction of sp³-hybridized carbons (Fsp3) is 0.526. The summed E-state index contributed by atoms with van der Waals surface area (Å²) in [4.78, 5) is 40.0. The third-order valence-corrected chi connectivity index (χ3v) is 5.15. The molecule has 1 aliphatic carbocycles. The Bertz CT molecular complexity index is 641. The zero-order valence-corrected chi connectivity index (χ0v) is 14.4. The van der Waals surface area contributed by atoms with Gasteiger partial charge in [-0.1, -0.05) is 43.2 Å². The summed E-state index contributed by atoms with van der Waals surface area (Å²) in [5.41, 5.74) is 6.39. The first kappa shape index (κ1) is 17.5. The SMILES string of the molecule is NC(=O)CN(C(=O)C1CC(=O)N(Cc2ccccc2)C1)C1CCCC1. The Labute approximate surface area is 148 Å². The molecule has 1 unspecified atom stereocenters. The van der Waals surface area contributed by atoms with Crippen LogP contribution in [0, 0.1) is 5.92 Å². The number of hydrogen-bond donors (Lipinski definition) is 1. The molecule has 2 fully saturated rings. The van der Waals surface area contributed by atoms with Gasteiger partial charge in [-0.3, -0.25) is 14.4 Å². The standard InChI is InChI=1S/C19H25N3O3/c20-17(23)13-22(16-8-4-5-9-16)19(25)15-10-18(24)21(12-15)11-14-6-2-1-3-7-14/h1-3,6-7,15-16H,4-5,8-13H2,(H2,20,23). The van der Waals surface area contributed by atoms with Crippen LogP contribution in [0.25, 0.3) is 0 Å². The molecule has 1 aliphatic heterocycles. The molecule has 1 aromatic carbocycles. The van der Waals surface area contributed by atoms with Crippen LogP contribution in [-0.4, -0.2) is 46.7 Å². The minimum Gasteiger partial charge on any atom is -0.368 e. The highest BCUT2D eigenvalue weighted by molar-refractivity contribution is 5.91. The van der Waals surface area contributed by atoms with Crippen molar-refractivity contribution in [3.8, 4) is 0 Å². The van der Waals surface area contributed by atoms with Crippen LogP contribution < -0.4 is 5.73 Å². The quantitative estimate of drug-likeness (QED) is 0.845. The molecule has 3 rings (SSSR count). The predicted octanol–water partition coefficient (Wildman–Crippen LogP) is 1.29. The molecule has 1 saturated heterocycles. The Morgan fingerprint density at radius 2 is 1.84 bits per heavy atom. The van der Waals surface area contributed by atoms with E-state index >= 15 is 0 Å². The fourth-order valence-corrected chi connectivity index (χ4v) is 3.90. The highest BCUT2D eigenvalue weighted by Gasteiger charge is 2.39. The topological polar surface area (TPSA) is 83.7 Å². The van der Waals surface area contributed by atoms with E-state index in [1.54, 1.807) is 9.80 Å². The molecule has 134 valence electrons. The van der Waals surface area contributed by atoms with Gasteiger partial charge in [0.2, 0.25) is 17.7 Å². The van der Waals surface area contributed by atoms with E-state index in [0.29, 0.717) is 13.1 Å². The normalized spacial score (nSPS) is 20.9. The van der Waals surface area contributed by atoms with Crippen molar-refractivity contribution in [1.29, 1.82) is 0 Å². The van der Waals surface area contributed by atoms with Crippen LogP contribution in [0.15, 0.2) is 30.3 Å². The Morgan fingerprint density at radius 1 is 1.16 bits per heavy atom. The molecule has 1 atom stereocenters. The third kappa shape index (κ3) is 4.18. The predicted molar refractivity (Wildman–Crippen MR) is 93.1 cm³/mol. The number of nitrogens with two attached hydrogens (primary N) is 1. The van der Waals surface area contributed by atoms with E-state index < -0.39 is 5.91 Å². The maximum atomic E-state index is 13.0.